The van der Waals surface area contributed by atoms with Crippen molar-refractivity contribution in [1.29, 1.82) is 0 Å². The molecule has 13 aromatic rings. The Morgan fingerprint density at radius 1 is 0.318 bits per heavy atom. The number of fused-ring (bicyclic) bond motifs is 12. The van der Waals surface area contributed by atoms with Crippen LogP contribution in [0.4, 0.5) is 0 Å². The van der Waals surface area contributed by atoms with Gasteiger partial charge in [0.05, 0.1) is 5.41 Å². The molecular formula is C66H44. The summed E-state index contributed by atoms with van der Waals surface area (Å²) in [4.78, 5) is 0. The molecule has 0 saturated carbocycles. The third kappa shape index (κ3) is 4.49. The van der Waals surface area contributed by atoms with Crippen molar-refractivity contribution in [3.63, 3.8) is 0 Å². The molecule has 0 atom stereocenters. The molecule has 0 heteroatoms. The molecule has 0 saturated heterocycles. The van der Waals surface area contributed by atoms with Crippen LogP contribution in [0.2, 0.25) is 0 Å². The van der Waals surface area contributed by atoms with Crippen molar-refractivity contribution < 1.29 is 0 Å². The van der Waals surface area contributed by atoms with Gasteiger partial charge in [-0.3, -0.25) is 0 Å². The van der Waals surface area contributed by atoms with Crippen LogP contribution in [-0.2, 0) is 10.8 Å². The molecule has 1 spiro atoms. The molecule has 308 valence electrons. The Hall–Kier alpha value is -7.80. The number of rotatable bonds is 2. The van der Waals surface area contributed by atoms with E-state index in [1.165, 1.54) is 153 Å². The van der Waals surface area contributed by atoms with Gasteiger partial charge in [-0.15, -0.1) is 0 Å². The summed E-state index contributed by atoms with van der Waals surface area (Å²) in [5.41, 5.74) is 18.1. The fourth-order valence-electron chi connectivity index (χ4n) is 13.3. The summed E-state index contributed by atoms with van der Waals surface area (Å²) in [7, 11) is 0. The molecule has 0 heterocycles. The minimum atomic E-state index is -0.495. The Balaban J connectivity index is 0.978. The lowest BCUT2D eigenvalue weighted by atomic mass is 9.69. The van der Waals surface area contributed by atoms with E-state index in [0.717, 1.165) is 0 Å². The van der Waals surface area contributed by atoms with Gasteiger partial charge in [0.15, 0.2) is 0 Å². The second-order valence-electron chi connectivity index (χ2n) is 20.3. The van der Waals surface area contributed by atoms with Crippen molar-refractivity contribution in [3.05, 3.63) is 228 Å². The largest absolute Gasteiger partial charge is 0.0731 e. The van der Waals surface area contributed by atoms with Gasteiger partial charge in [0.1, 0.15) is 0 Å². The van der Waals surface area contributed by atoms with Gasteiger partial charge in [0, 0.05) is 0 Å². The molecule has 13 aromatic carbocycles. The zero-order valence-corrected chi connectivity index (χ0v) is 37.5. The number of aryl methyl sites for hydroxylation is 1. The second-order valence-corrected chi connectivity index (χ2v) is 20.3. The van der Waals surface area contributed by atoms with Crippen LogP contribution in [0, 0.1) is 6.92 Å². The fraction of sp³-hybridized carbons (Fsp3) is 0.0909. The smallest absolute Gasteiger partial charge is 0.0619 e. The quantitative estimate of drug-likeness (QED) is 0.152. The summed E-state index contributed by atoms with van der Waals surface area (Å²) in [6.07, 6.45) is 0. The van der Waals surface area contributed by atoms with E-state index in [9.17, 15) is 0 Å². The van der Waals surface area contributed by atoms with Gasteiger partial charge < -0.3 is 0 Å². The molecule has 66 heavy (non-hydrogen) atoms. The second kappa shape index (κ2) is 12.5. The molecule has 0 fully saturated rings. The molecular weight excluding hydrogens is 793 g/mol. The Kier molecular flexibility index (Phi) is 6.92. The summed E-state index contributed by atoms with van der Waals surface area (Å²) in [5.74, 6) is 0. The standard InChI is InChI=1S/C66H44/c1-37-34-44-23-26-46(53-29-17-38-10-9-13-45(37)60(38)63(44)53)41-20-27-48-42(35-41)22-31-54-51-28-21-43(36-59(51)66(64(48)54)57-14-7-5-11-49(57)50-12-6-8-15-58(50)66)47-25-16-39-19-32-55-56(65(2,3)4)33-24-40-18-30-52(47)61(39)62(40)55/h5-36H,1-4H3. The zero-order chi connectivity index (χ0) is 43.8. The van der Waals surface area contributed by atoms with E-state index in [-0.39, 0.29) is 5.41 Å². The van der Waals surface area contributed by atoms with Crippen molar-refractivity contribution in [2.24, 2.45) is 0 Å². The summed E-state index contributed by atoms with van der Waals surface area (Å²) < 4.78 is 0. The predicted molar refractivity (Wildman–Crippen MR) is 282 cm³/mol. The summed E-state index contributed by atoms with van der Waals surface area (Å²) >= 11 is 0. The molecule has 0 unspecified atom stereocenters. The lowest BCUT2D eigenvalue weighted by molar-refractivity contribution is 0.596. The summed E-state index contributed by atoms with van der Waals surface area (Å²) in [6.45, 7) is 9.24. The minimum absolute atomic E-state index is 0.0386. The number of hydrogen-bond acceptors (Lipinski definition) is 0. The fourth-order valence-corrected chi connectivity index (χ4v) is 13.3. The van der Waals surface area contributed by atoms with E-state index in [0.29, 0.717) is 0 Å². The highest BCUT2D eigenvalue weighted by Gasteiger charge is 2.52. The maximum atomic E-state index is 2.56. The lowest BCUT2D eigenvalue weighted by Gasteiger charge is -2.32. The van der Waals surface area contributed by atoms with E-state index >= 15 is 0 Å². The third-order valence-electron chi connectivity index (χ3n) is 16.0. The first kappa shape index (κ1) is 36.5. The van der Waals surface area contributed by atoms with Gasteiger partial charge in [-0.1, -0.05) is 203 Å². The lowest BCUT2D eigenvalue weighted by Crippen LogP contribution is -2.26. The highest BCUT2D eigenvalue weighted by molar-refractivity contribution is 6.27. The van der Waals surface area contributed by atoms with Gasteiger partial charge >= 0.3 is 0 Å². The van der Waals surface area contributed by atoms with E-state index < -0.39 is 5.41 Å². The van der Waals surface area contributed by atoms with Crippen LogP contribution in [0.1, 0.15) is 54.2 Å². The van der Waals surface area contributed by atoms with E-state index in [1.807, 2.05) is 0 Å². The SMILES string of the molecule is Cc1cc2ccc(-c3ccc4c5c(ccc4c3)-c3ccc(-c4ccc6ccc7c(C(C)(C)C)ccc8ccc4c6c87)cc3C53c4ccccc4-c4ccccc43)c3ccc4cccc1c4c23. The predicted octanol–water partition coefficient (Wildman–Crippen LogP) is 17.9. The normalized spacial score (nSPS) is 13.9. The van der Waals surface area contributed by atoms with Crippen LogP contribution in [0.15, 0.2) is 194 Å². The van der Waals surface area contributed by atoms with Crippen molar-refractivity contribution in [2.45, 2.75) is 38.5 Å². The Bertz CT molecular complexity index is 4220. The average molecular weight is 837 g/mol. The van der Waals surface area contributed by atoms with Crippen molar-refractivity contribution in [1.82, 2.24) is 0 Å². The zero-order valence-electron chi connectivity index (χ0n) is 37.5. The molecule has 2 aliphatic rings. The third-order valence-corrected chi connectivity index (χ3v) is 16.0. The van der Waals surface area contributed by atoms with Crippen LogP contribution < -0.4 is 0 Å². The highest BCUT2D eigenvalue weighted by atomic mass is 14.5. The topological polar surface area (TPSA) is 0 Å². The van der Waals surface area contributed by atoms with Crippen LogP contribution in [0.3, 0.4) is 0 Å². The van der Waals surface area contributed by atoms with Crippen LogP contribution >= 0.6 is 0 Å². The van der Waals surface area contributed by atoms with Gasteiger partial charge in [-0.25, -0.2) is 0 Å². The van der Waals surface area contributed by atoms with Crippen molar-refractivity contribution >= 4 is 75.4 Å². The Morgan fingerprint density at radius 3 is 1.55 bits per heavy atom. The molecule has 0 aliphatic heterocycles. The highest BCUT2D eigenvalue weighted by Crippen LogP contribution is 2.64. The van der Waals surface area contributed by atoms with Gasteiger partial charge in [0.2, 0.25) is 0 Å². The molecule has 0 amide bonds. The van der Waals surface area contributed by atoms with Gasteiger partial charge in [-0.05, 0) is 178 Å². The maximum Gasteiger partial charge on any atom is 0.0731 e. The van der Waals surface area contributed by atoms with E-state index in [2.05, 4.69) is 222 Å². The monoisotopic (exact) mass is 836 g/mol. The molecule has 0 nitrogen and oxygen atoms in total. The van der Waals surface area contributed by atoms with Crippen LogP contribution in [-0.4, -0.2) is 0 Å². The first-order chi connectivity index (χ1) is 32.3. The summed E-state index contributed by atoms with van der Waals surface area (Å²) in [5, 5.41) is 18.6. The molecule has 0 aromatic heterocycles. The van der Waals surface area contributed by atoms with Gasteiger partial charge in [0.25, 0.3) is 0 Å². The number of benzene rings is 13. The maximum absolute atomic E-state index is 2.56. The average Bonchev–Trinajstić information content (AvgIpc) is 3.81. The van der Waals surface area contributed by atoms with Crippen LogP contribution in [0.5, 0.6) is 0 Å². The molecule has 0 radical (unpaired) electrons. The molecule has 0 bridgehead atoms. The van der Waals surface area contributed by atoms with E-state index in [1.54, 1.807) is 0 Å². The summed E-state index contributed by atoms with van der Waals surface area (Å²) in [6, 6.07) is 75.2. The minimum Gasteiger partial charge on any atom is -0.0619 e. The van der Waals surface area contributed by atoms with Gasteiger partial charge in [-0.2, -0.15) is 0 Å². The van der Waals surface area contributed by atoms with Crippen molar-refractivity contribution in [2.75, 3.05) is 0 Å². The van der Waals surface area contributed by atoms with Crippen molar-refractivity contribution in [3.8, 4) is 44.5 Å². The van der Waals surface area contributed by atoms with Crippen LogP contribution in [0.25, 0.3) is 120 Å². The Morgan fingerprint density at radius 2 is 0.818 bits per heavy atom. The first-order valence-corrected chi connectivity index (χ1v) is 23.6. The first-order valence-electron chi connectivity index (χ1n) is 23.6. The van der Waals surface area contributed by atoms with E-state index in [4.69, 9.17) is 0 Å². The number of hydrogen-bond donors (Lipinski definition) is 0. The molecule has 2 aliphatic carbocycles. The molecule has 15 rings (SSSR count). The Labute approximate surface area is 384 Å². The molecule has 0 N–H and O–H groups in total.